The van der Waals surface area contributed by atoms with Gasteiger partial charge in [-0.15, -0.1) is 12.4 Å². The number of carbonyl (C=O) groups excluding carboxylic acids is 1. The molecule has 1 heterocycles. The molecular formula is C9H13ClN2O2. The monoisotopic (exact) mass is 216 g/mol. The molecule has 0 saturated carbocycles. The van der Waals surface area contributed by atoms with Gasteiger partial charge in [-0.1, -0.05) is 0 Å². The average molecular weight is 217 g/mol. The first-order valence-corrected chi connectivity index (χ1v) is 4.06. The lowest BCUT2D eigenvalue weighted by Gasteiger charge is -2.05. The molecule has 5 heteroatoms. The van der Waals surface area contributed by atoms with E-state index in [0.717, 1.165) is 0 Å². The van der Waals surface area contributed by atoms with Crippen molar-refractivity contribution in [2.24, 2.45) is 0 Å². The van der Waals surface area contributed by atoms with Crippen molar-refractivity contribution in [2.45, 2.75) is 13.0 Å². The SMILES string of the molecule is CC(O)CNC(=O)c1cccnc1.Cl. The highest BCUT2D eigenvalue weighted by Crippen LogP contribution is 1.94. The van der Waals surface area contributed by atoms with E-state index in [1.165, 1.54) is 6.20 Å². The molecule has 78 valence electrons. The molecule has 14 heavy (non-hydrogen) atoms. The summed E-state index contributed by atoms with van der Waals surface area (Å²) < 4.78 is 0. The minimum Gasteiger partial charge on any atom is -0.392 e. The lowest BCUT2D eigenvalue weighted by molar-refractivity contribution is 0.0923. The van der Waals surface area contributed by atoms with Gasteiger partial charge in [-0.2, -0.15) is 0 Å². The van der Waals surface area contributed by atoms with E-state index in [4.69, 9.17) is 5.11 Å². The fourth-order valence-corrected chi connectivity index (χ4v) is 0.840. The Morgan fingerprint density at radius 3 is 2.93 bits per heavy atom. The van der Waals surface area contributed by atoms with Crippen LogP contribution in [0.1, 0.15) is 17.3 Å². The first-order chi connectivity index (χ1) is 6.20. The molecule has 1 aromatic heterocycles. The summed E-state index contributed by atoms with van der Waals surface area (Å²) in [6.07, 6.45) is 2.56. The number of halogens is 1. The minimum absolute atomic E-state index is 0. The largest absolute Gasteiger partial charge is 0.392 e. The second-order valence-corrected chi connectivity index (χ2v) is 2.80. The number of nitrogens with zero attached hydrogens (tertiary/aromatic N) is 1. The zero-order valence-corrected chi connectivity index (χ0v) is 8.62. The number of rotatable bonds is 3. The van der Waals surface area contributed by atoms with Gasteiger partial charge in [0.25, 0.3) is 5.91 Å². The van der Waals surface area contributed by atoms with Crippen molar-refractivity contribution in [1.29, 1.82) is 0 Å². The topological polar surface area (TPSA) is 62.2 Å². The Hall–Kier alpha value is -1.13. The fourth-order valence-electron chi connectivity index (χ4n) is 0.840. The number of aliphatic hydroxyl groups excluding tert-OH is 1. The predicted molar refractivity (Wildman–Crippen MR) is 55.5 cm³/mol. The average Bonchev–Trinajstić information content (AvgIpc) is 2.15. The van der Waals surface area contributed by atoms with Gasteiger partial charge >= 0.3 is 0 Å². The Morgan fingerprint density at radius 2 is 2.43 bits per heavy atom. The number of aromatic nitrogens is 1. The molecule has 4 nitrogen and oxygen atoms in total. The third-order valence-corrected chi connectivity index (χ3v) is 1.48. The molecule has 1 atom stereocenters. The molecule has 0 aliphatic rings. The molecule has 0 bridgehead atoms. The summed E-state index contributed by atoms with van der Waals surface area (Å²) in [5.41, 5.74) is 0.503. The van der Waals surface area contributed by atoms with Crippen molar-refractivity contribution in [3.63, 3.8) is 0 Å². The highest BCUT2D eigenvalue weighted by molar-refractivity contribution is 5.93. The maximum atomic E-state index is 11.3. The van der Waals surface area contributed by atoms with E-state index in [1.54, 1.807) is 25.3 Å². The van der Waals surface area contributed by atoms with E-state index in [9.17, 15) is 4.79 Å². The van der Waals surface area contributed by atoms with E-state index in [1.807, 2.05) is 0 Å². The van der Waals surface area contributed by atoms with E-state index in [2.05, 4.69) is 10.3 Å². The van der Waals surface area contributed by atoms with Crippen molar-refractivity contribution in [3.05, 3.63) is 30.1 Å². The second kappa shape index (κ2) is 6.34. The Labute approximate surface area is 88.8 Å². The van der Waals surface area contributed by atoms with Crippen molar-refractivity contribution >= 4 is 18.3 Å². The first-order valence-electron chi connectivity index (χ1n) is 4.06. The third-order valence-electron chi connectivity index (χ3n) is 1.48. The maximum Gasteiger partial charge on any atom is 0.252 e. The number of aliphatic hydroxyl groups is 1. The molecule has 0 aliphatic heterocycles. The summed E-state index contributed by atoms with van der Waals surface area (Å²) in [6, 6.07) is 3.36. The van der Waals surface area contributed by atoms with Gasteiger partial charge in [-0.05, 0) is 19.1 Å². The zero-order valence-electron chi connectivity index (χ0n) is 7.80. The molecule has 1 rings (SSSR count). The maximum absolute atomic E-state index is 11.3. The number of amides is 1. The van der Waals surface area contributed by atoms with Crippen LogP contribution >= 0.6 is 12.4 Å². The van der Waals surface area contributed by atoms with Crippen LogP contribution in [0.15, 0.2) is 24.5 Å². The summed E-state index contributed by atoms with van der Waals surface area (Å²) in [5.74, 6) is -0.214. The molecule has 1 amide bonds. The standard InChI is InChI=1S/C9H12N2O2.ClH/c1-7(12)5-11-9(13)8-3-2-4-10-6-8;/h2-4,6-7,12H,5H2,1H3,(H,11,13);1H. The molecule has 1 aromatic rings. The van der Waals surface area contributed by atoms with Gasteiger partial charge in [0.15, 0.2) is 0 Å². The Balaban J connectivity index is 0.00000169. The third kappa shape index (κ3) is 4.20. The van der Waals surface area contributed by atoms with Crippen LogP contribution in [0.25, 0.3) is 0 Å². The Kier molecular flexibility index (Phi) is 5.83. The molecule has 0 aliphatic carbocycles. The summed E-state index contributed by atoms with van der Waals surface area (Å²) in [5, 5.41) is 11.5. The van der Waals surface area contributed by atoms with Crippen LogP contribution in [0, 0.1) is 0 Å². The zero-order chi connectivity index (χ0) is 9.68. The Morgan fingerprint density at radius 1 is 1.71 bits per heavy atom. The molecule has 1 unspecified atom stereocenters. The quantitative estimate of drug-likeness (QED) is 0.779. The van der Waals surface area contributed by atoms with Crippen LogP contribution in [-0.4, -0.2) is 28.6 Å². The van der Waals surface area contributed by atoms with E-state index in [0.29, 0.717) is 5.56 Å². The highest BCUT2D eigenvalue weighted by atomic mass is 35.5. The van der Waals surface area contributed by atoms with Gasteiger partial charge in [-0.3, -0.25) is 9.78 Å². The number of hydrogen-bond acceptors (Lipinski definition) is 3. The molecular weight excluding hydrogens is 204 g/mol. The lowest BCUT2D eigenvalue weighted by atomic mass is 10.2. The molecule has 0 radical (unpaired) electrons. The smallest absolute Gasteiger partial charge is 0.252 e. The molecule has 0 saturated heterocycles. The van der Waals surface area contributed by atoms with Crippen molar-refractivity contribution < 1.29 is 9.90 Å². The van der Waals surface area contributed by atoms with Crippen LogP contribution < -0.4 is 5.32 Å². The number of carbonyl (C=O) groups is 1. The number of nitrogens with one attached hydrogen (secondary N) is 1. The van der Waals surface area contributed by atoms with Gasteiger partial charge in [0.05, 0.1) is 11.7 Å². The van der Waals surface area contributed by atoms with Crippen LogP contribution in [0.3, 0.4) is 0 Å². The van der Waals surface area contributed by atoms with Crippen LogP contribution in [0.4, 0.5) is 0 Å². The molecule has 0 spiro atoms. The molecule has 2 N–H and O–H groups in total. The van der Waals surface area contributed by atoms with Crippen LogP contribution in [0.5, 0.6) is 0 Å². The summed E-state index contributed by atoms with van der Waals surface area (Å²) in [7, 11) is 0. The number of hydrogen-bond donors (Lipinski definition) is 2. The van der Waals surface area contributed by atoms with E-state index >= 15 is 0 Å². The molecule has 0 fully saturated rings. The lowest BCUT2D eigenvalue weighted by Crippen LogP contribution is -2.30. The first kappa shape index (κ1) is 12.9. The van der Waals surface area contributed by atoms with Gasteiger partial charge in [0.1, 0.15) is 0 Å². The number of pyridine rings is 1. The molecule has 0 aromatic carbocycles. The second-order valence-electron chi connectivity index (χ2n) is 2.80. The highest BCUT2D eigenvalue weighted by Gasteiger charge is 2.04. The minimum atomic E-state index is -0.527. The normalized spacial score (nSPS) is 11.3. The van der Waals surface area contributed by atoms with Gasteiger partial charge in [0, 0.05) is 18.9 Å². The summed E-state index contributed by atoms with van der Waals surface area (Å²) in [6.45, 7) is 1.87. The van der Waals surface area contributed by atoms with Crippen molar-refractivity contribution in [1.82, 2.24) is 10.3 Å². The van der Waals surface area contributed by atoms with E-state index < -0.39 is 6.10 Å². The fraction of sp³-hybridized carbons (Fsp3) is 0.333. The summed E-state index contributed by atoms with van der Waals surface area (Å²) in [4.78, 5) is 15.1. The van der Waals surface area contributed by atoms with Crippen molar-refractivity contribution in [3.8, 4) is 0 Å². The van der Waals surface area contributed by atoms with Crippen LogP contribution in [-0.2, 0) is 0 Å². The predicted octanol–water partition coefficient (Wildman–Crippen LogP) is 0.614. The van der Waals surface area contributed by atoms with Gasteiger partial charge in [0.2, 0.25) is 0 Å². The van der Waals surface area contributed by atoms with E-state index in [-0.39, 0.29) is 24.9 Å². The van der Waals surface area contributed by atoms with Gasteiger partial charge in [-0.25, -0.2) is 0 Å². The van der Waals surface area contributed by atoms with Crippen molar-refractivity contribution in [2.75, 3.05) is 6.54 Å². The van der Waals surface area contributed by atoms with Crippen LogP contribution in [0.2, 0.25) is 0 Å². The summed E-state index contributed by atoms with van der Waals surface area (Å²) >= 11 is 0. The Bertz CT molecular complexity index is 277. The van der Waals surface area contributed by atoms with Gasteiger partial charge < -0.3 is 10.4 Å².